The van der Waals surface area contributed by atoms with Gasteiger partial charge < -0.3 is 9.64 Å². The van der Waals surface area contributed by atoms with Crippen molar-refractivity contribution in [2.45, 2.75) is 24.2 Å². The van der Waals surface area contributed by atoms with Gasteiger partial charge in [0.1, 0.15) is 5.82 Å². The minimum atomic E-state index is -0.175. The van der Waals surface area contributed by atoms with E-state index in [1.807, 2.05) is 6.07 Å². The van der Waals surface area contributed by atoms with Crippen LogP contribution in [0, 0.1) is 5.82 Å². The summed E-state index contributed by atoms with van der Waals surface area (Å²) in [4.78, 5) is 2.33. The Balaban J connectivity index is 2.21. The summed E-state index contributed by atoms with van der Waals surface area (Å²) < 4.78 is 18.3. The SMILES string of the molecule is COCCN(c1ccc(F)cc1CBr)C1CC1. The number of nitrogens with zero attached hydrogens (tertiary/aromatic N) is 1. The summed E-state index contributed by atoms with van der Waals surface area (Å²) in [5, 5.41) is 0.677. The normalized spacial score (nSPS) is 15.0. The molecule has 94 valence electrons. The Bertz CT molecular complexity index is 382. The Morgan fingerprint density at radius 3 is 2.82 bits per heavy atom. The summed E-state index contributed by atoms with van der Waals surface area (Å²) in [6.45, 7) is 1.57. The third-order valence-corrected chi connectivity index (χ3v) is 3.62. The lowest BCUT2D eigenvalue weighted by Crippen LogP contribution is -2.30. The molecule has 0 atom stereocenters. The fourth-order valence-electron chi connectivity index (χ4n) is 2.02. The van der Waals surface area contributed by atoms with Crippen molar-refractivity contribution < 1.29 is 9.13 Å². The van der Waals surface area contributed by atoms with Crippen LogP contribution in [0.1, 0.15) is 18.4 Å². The lowest BCUT2D eigenvalue weighted by Gasteiger charge is -2.26. The maximum atomic E-state index is 13.2. The Kier molecular flexibility index (Phi) is 4.40. The van der Waals surface area contributed by atoms with E-state index in [9.17, 15) is 4.39 Å². The Labute approximate surface area is 110 Å². The molecule has 17 heavy (non-hydrogen) atoms. The highest BCUT2D eigenvalue weighted by Crippen LogP contribution is 2.34. The summed E-state index contributed by atoms with van der Waals surface area (Å²) in [6.07, 6.45) is 2.45. The predicted molar refractivity (Wildman–Crippen MR) is 71.3 cm³/mol. The molecule has 0 unspecified atom stereocenters. The van der Waals surface area contributed by atoms with Crippen LogP contribution >= 0.6 is 15.9 Å². The Morgan fingerprint density at radius 2 is 2.24 bits per heavy atom. The van der Waals surface area contributed by atoms with Gasteiger partial charge in [-0.25, -0.2) is 4.39 Å². The van der Waals surface area contributed by atoms with Crippen LogP contribution in [0.3, 0.4) is 0 Å². The first-order valence-electron chi connectivity index (χ1n) is 5.86. The zero-order valence-corrected chi connectivity index (χ0v) is 11.5. The van der Waals surface area contributed by atoms with Gasteiger partial charge in [0.05, 0.1) is 6.61 Å². The van der Waals surface area contributed by atoms with Crippen molar-refractivity contribution >= 4 is 21.6 Å². The third kappa shape index (κ3) is 3.19. The first kappa shape index (κ1) is 12.8. The smallest absolute Gasteiger partial charge is 0.123 e. The molecule has 1 aliphatic carbocycles. The molecule has 0 spiro atoms. The second-order valence-corrected chi connectivity index (χ2v) is 4.88. The van der Waals surface area contributed by atoms with Crippen LogP contribution in [0.4, 0.5) is 10.1 Å². The second kappa shape index (κ2) is 5.83. The molecule has 4 heteroatoms. The van der Waals surface area contributed by atoms with Crippen LogP contribution < -0.4 is 4.90 Å². The van der Waals surface area contributed by atoms with Crippen molar-refractivity contribution in [1.82, 2.24) is 0 Å². The highest BCUT2D eigenvalue weighted by molar-refractivity contribution is 9.08. The standard InChI is InChI=1S/C13H17BrFNO/c1-17-7-6-16(12-3-4-12)13-5-2-11(15)8-10(13)9-14/h2,5,8,12H,3-4,6-7,9H2,1H3. The number of ether oxygens (including phenoxy) is 1. The molecule has 2 nitrogen and oxygen atoms in total. The van der Waals surface area contributed by atoms with Gasteiger partial charge in [-0.15, -0.1) is 0 Å². The first-order valence-corrected chi connectivity index (χ1v) is 6.98. The summed E-state index contributed by atoms with van der Waals surface area (Å²) in [6, 6.07) is 5.61. The van der Waals surface area contributed by atoms with Crippen LogP contribution in [-0.2, 0) is 10.1 Å². The number of anilines is 1. The number of halogens is 2. The van der Waals surface area contributed by atoms with Crippen molar-refractivity contribution in [3.63, 3.8) is 0 Å². The largest absolute Gasteiger partial charge is 0.383 e. The maximum absolute atomic E-state index is 13.2. The van der Waals surface area contributed by atoms with Gasteiger partial charge in [-0.2, -0.15) is 0 Å². The average Bonchev–Trinajstić information content (AvgIpc) is 3.15. The maximum Gasteiger partial charge on any atom is 0.123 e. The number of alkyl halides is 1. The molecule has 0 heterocycles. The van der Waals surface area contributed by atoms with E-state index >= 15 is 0 Å². The molecular formula is C13H17BrFNO. The quantitative estimate of drug-likeness (QED) is 0.747. The molecule has 0 bridgehead atoms. The van der Waals surface area contributed by atoms with E-state index in [2.05, 4.69) is 20.8 Å². The van der Waals surface area contributed by atoms with E-state index in [0.717, 1.165) is 17.8 Å². The third-order valence-electron chi connectivity index (χ3n) is 3.02. The molecule has 1 saturated carbocycles. The molecule has 2 rings (SSSR count). The van der Waals surface area contributed by atoms with Crippen molar-refractivity contribution in [1.29, 1.82) is 0 Å². The number of rotatable bonds is 6. The topological polar surface area (TPSA) is 12.5 Å². The molecule has 0 saturated heterocycles. The van der Waals surface area contributed by atoms with Gasteiger partial charge in [0.15, 0.2) is 0 Å². The van der Waals surface area contributed by atoms with Crippen LogP contribution in [0.5, 0.6) is 0 Å². The fourth-order valence-corrected chi connectivity index (χ4v) is 2.47. The number of hydrogen-bond acceptors (Lipinski definition) is 2. The van der Waals surface area contributed by atoms with Crippen LogP contribution in [0.15, 0.2) is 18.2 Å². The molecule has 1 fully saturated rings. The van der Waals surface area contributed by atoms with Crippen LogP contribution in [-0.4, -0.2) is 26.3 Å². The molecule has 0 N–H and O–H groups in total. The summed E-state index contributed by atoms with van der Waals surface area (Å²) in [5.74, 6) is -0.175. The molecular weight excluding hydrogens is 285 g/mol. The minimum absolute atomic E-state index is 0.175. The molecule has 0 radical (unpaired) electrons. The number of hydrogen-bond donors (Lipinski definition) is 0. The summed E-state index contributed by atoms with van der Waals surface area (Å²) in [7, 11) is 1.71. The molecule has 1 aromatic rings. The van der Waals surface area contributed by atoms with Crippen molar-refractivity contribution in [3.05, 3.63) is 29.6 Å². The van der Waals surface area contributed by atoms with E-state index in [-0.39, 0.29) is 5.82 Å². The Morgan fingerprint density at radius 1 is 1.47 bits per heavy atom. The van der Waals surface area contributed by atoms with Crippen molar-refractivity contribution in [2.24, 2.45) is 0 Å². The molecule has 0 aromatic heterocycles. The van der Waals surface area contributed by atoms with E-state index < -0.39 is 0 Å². The van der Waals surface area contributed by atoms with Gasteiger partial charge >= 0.3 is 0 Å². The van der Waals surface area contributed by atoms with Crippen molar-refractivity contribution in [3.8, 4) is 0 Å². The van der Waals surface area contributed by atoms with E-state index in [1.54, 1.807) is 13.2 Å². The van der Waals surface area contributed by atoms with Gasteiger partial charge in [-0.05, 0) is 36.6 Å². The zero-order valence-electron chi connectivity index (χ0n) is 9.96. The van der Waals surface area contributed by atoms with E-state index in [0.29, 0.717) is 18.0 Å². The first-order chi connectivity index (χ1) is 8.26. The lowest BCUT2D eigenvalue weighted by atomic mass is 10.1. The average molecular weight is 302 g/mol. The van der Waals surface area contributed by atoms with Gasteiger partial charge in [-0.1, -0.05) is 15.9 Å². The summed E-state index contributed by atoms with van der Waals surface area (Å²) in [5.41, 5.74) is 2.14. The van der Waals surface area contributed by atoms with Gasteiger partial charge in [-0.3, -0.25) is 0 Å². The molecule has 1 aromatic carbocycles. The minimum Gasteiger partial charge on any atom is -0.383 e. The predicted octanol–water partition coefficient (Wildman–Crippen LogP) is 3.34. The van der Waals surface area contributed by atoms with Crippen molar-refractivity contribution in [2.75, 3.05) is 25.2 Å². The number of methoxy groups -OCH3 is 1. The van der Waals surface area contributed by atoms with Crippen LogP contribution in [0.2, 0.25) is 0 Å². The molecule has 0 aliphatic heterocycles. The van der Waals surface area contributed by atoms with Crippen LogP contribution in [0.25, 0.3) is 0 Å². The molecule has 1 aliphatic rings. The highest BCUT2D eigenvalue weighted by atomic mass is 79.9. The van der Waals surface area contributed by atoms with Gasteiger partial charge in [0.2, 0.25) is 0 Å². The fraction of sp³-hybridized carbons (Fsp3) is 0.538. The van der Waals surface area contributed by atoms with E-state index in [4.69, 9.17) is 4.74 Å². The molecule has 0 amide bonds. The van der Waals surface area contributed by atoms with Gasteiger partial charge in [0.25, 0.3) is 0 Å². The lowest BCUT2D eigenvalue weighted by molar-refractivity contribution is 0.205. The Hall–Kier alpha value is -0.610. The summed E-state index contributed by atoms with van der Waals surface area (Å²) >= 11 is 3.42. The van der Waals surface area contributed by atoms with Gasteiger partial charge in [0, 0.05) is 30.7 Å². The number of benzene rings is 1. The van der Waals surface area contributed by atoms with E-state index in [1.165, 1.54) is 18.9 Å². The highest BCUT2D eigenvalue weighted by Gasteiger charge is 2.30. The zero-order chi connectivity index (χ0) is 12.3. The second-order valence-electron chi connectivity index (χ2n) is 4.32. The monoisotopic (exact) mass is 301 g/mol.